The van der Waals surface area contributed by atoms with Gasteiger partial charge < -0.3 is 20.5 Å². The molecule has 1 aliphatic rings. The number of benzene rings is 1. The summed E-state index contributed by atoms with van der Waals surface area (Å²) in [7, 11) is 0. The number of esters is 2. The Balaban J connectivity index is 2.28. The van der Waals surface area contributed by atoms with E-state index in [1.54, 1.807) is 26.0 Å². The fourth-order valence-electron chi connectivity index (χ4n) is 2.26. The molecule has 122 valence electrons. The van der Waals surface area contributed by atoms with Gasteiger partial charge >= 0.3 is 11.9 Å². The van der Waals surface area contributed by atoms with E-state index in [0.29, 0.717) is 11.3 Å². The number of carbonyl (C=O) groups excluding carboxylic acids is 3. The van der Waals surface area contributed by atoms with E-state index in [2.05, 4.69) is 5.32 Å². The molecule has 1 saturated heterocycles. The number of nitrogens with two attached hydrogens (primary N) is 1. The molecule has 0 saturated carbocycles. The van der Waals surface area contributed by atoms with Crippen LogP contribution in [0.1, 0.15) is 35.3 Å². The first-order valence-electron chi connectivity index (χ1n) is 6.95. The summed E-state index contributed by atoms with van der Waals surface area (Å²) >= 11 is 0. The quantitative estimate of drug-likeness (QED) is 0.497. The maximum Gasteiger partial charge on any atom is 0.350 e. The molecule has 1 amide bonds. The number of primary amides is 1. The third-order valence-corrected chi connectivity index (χ3v) is 3.29. The predicted molar refractivity (Wildman–Crippen MR) is 82.4 cm³/mol. The Bertz CT molecular complexity index is 689. The molecular formula is C16H18N2O5. The van der Waals surface area contributed by atoms with Crippen molar-refractivity contribution in [3.8, 4) is 0 Å². The lowest BCUT2D eigenvalue weighted by molar-refractivity contribution is -0.222. The van der Waals surface area contributed by atoms with Crippen LogP contribution < -0.4 is 11.1 Å². The van der Waals surface area contributed by atoms with Gasteiger partial charge in [-0.05, 0) is 37.1 Å². The molecule has 3 N–H and O–H groups in total. The number of nitrogens with one attached hydrogen (secondary N) is 1. The van der Waals surface area contributed by atoms with Crippen LogP contribution in [0.3, 0.4) is 0 Å². The van der Waals surface area contributed by atoms with E-state index in [-0.39, 0.29) is 5.57 Å². The Morgan fingerprint density at radius 2 is 1.61 bits per heavy atom. The normalized spacial score (nSPS) is 16.4. The number of hydrogen-bond donors (Lipinski definition) is 2. The number of aryl methyl sites for hydroxylation is 2. The molecule has 0 bridgehead atoms. The smallest absolute Gasteiger partial charge is 0.350 e. The summed E-state index contributed by atoms with van der Waals surface area (Å²) in [6.07, 6.45) is 1.24. The van der Waals surface area contributed by atoms with Crippen LogP contribution in [0.2, 0.25) is 0 Å². The summed E-state index contributed by atoms with van der Waals surface area (Å²) in [5.74, 6) is -3.33. The summed E-state index contributed by atoms with van der Waals surface area (Å²) in [5.41, 5.74) is 7.56. The number of amides is 1. The van der Waals surface area contributed by atoms with Crippen molar-refractivity contribution < 1.29 is 23.9 Å². The van der Waals surface area contributed by atoms with Gasteiger partial charge in [0.2, 0.25) is 5.91 Å². The molecule has 0 spiro atoms. The predicted octanol–water partition coefficient (Wildman–Crippen LogP) is 1.53. The second-order valence-electron chi connectivity index (χ2n) is 5.73. The largest absolute Gasteiger partial charge is 0.419 e. The number of hydrogen-bond acceptors (Lipinski definition) is 6. The number of anilines is 1. The van der Waals surface area contributed by atoms with Gasteiger partial charge in [0, 0.05) is 31.3 Å². The minimum atomic E-state index is -1.28. The highest BCUT2D eigenvalue weighted by Gasteiger charge is 2.38. The zero-order valence-corrected chi connectivity index (χ0v) is 13.4. The highest BCUT2D eigenvalue weighted by Crippen LogP contribution is 2.25. The van der Waals surface area contributed by atoms with E-state index >= 15 is 0 Å². The first-order chi connectivity index (χ1) is 10.6. The lowest BCUT2D eigenvalue weighted by Crippen LogP contribution is -2.42. The molecule has 23 heavy (non-hydrogen) atoms. The van der Waals surface area contributed by atoms with Gasteiger partial charge in [-0.25, -0.2) is 9.59 Å². The summed E-state index contributed by atoms with van der Waals surface area (Å²) in [5, 5.41) is 2.89. The average Bonchev–Trinajstić information content (AvgIpc) is 2.38. The van der Waals surface area contributed by atoms with Crippen LogP contribution in [0.15, 0.2) is 23.9 Å². The van der Waals surface area contributed by atoms with Gasteiger partial charge in [-0.1, -0.05) is 0 Å². The molecule has 0 aromatic heterocycles. The lowest BCUT2D eigenvalue weighted by Gasteiger charge is -2.29. The highest BCUT2D eigenvalue weighted by atomic mass is 16.7. The molecule has 1 heterocycles. The minimum Gasteiger partial charge on any atom is -0.419 e. The van der Waals surface area contributed by atoms with E-state index in [1.807, 2.05) is 0 Å². The summed E-state index contributed by atoms with van der Waals surface area (Å²) < 4.78 is 10.0. The first kappa shape index (κ1) is 16.5. The van der Waals surface area contributed by atoms with Crippen LogP contribution in [0.5, 0.6) is 0 Å². The van der Waals surface area contributed by atoms with E-state index in [1.165, 1.54) is 20.0 Å². The van der Waals surface area contributed by atoms with Gasteiger partial charge in [-0.2, -0.15) is 0 Å². The summed E-state index contributed by atoms with van der Waals surface area (Å²) in [4.78, 5) is 35.0. The van der Waals surface area contributed by atoms with Crippen molar-refractivity contribution in [1.82, 2.24) is 0 Å². The Morgan fingerprint density at radius 1 is 1.13 bits per heavy atom. The molecule has 1 aromatic carbocycles. The zero-order valence-electron chi connectivity index (χ0n) is 13.4. The molecule has 7 nitrogen and oxygen atoms in total. The second-order valence-corrected chi connectivity index (χ2v) is 5.73. The number of ether oxygens (including phenoxy) is 2. The molecule has 0 radical (unpaired) electrons. The van der Waals surface area contributed by atoms with Crippen molar-refractivity contribution in [1.29, 1.82) is 0 Å². The number of rotatable bonds is 3. The van der Waals surface area contributed by atoms with Crippen molar-refractivity contribution in [2.75, 3.05) is 5.32 Å². The average molecular weight is 318 g/mol. The Hall–Kier alpha value is -2.83. The fraction of sp³-hybridized carbons (Fsp3) is 0.312. The second kappa shape index (κ2) is 5.75. The highest BCUT2D eigenvalue weighted by molar-refractivity contribution is 6.15. The fourth-order valence-corrected chi connectivity index (χ4v) is 2.26. The third kappa shape index (κ3) is 3.50. The van der Waals surface area contributed by atoms with E-state index in [4.69, 9.17) is 15.2 Å². The van der Waals surface area contributed by atoms with Gasteiger partial charge in [0.05, 0.1) is 0 Å². The van der Waals surface area contributed by atoms with Gasteiger partial charge in [0.25, 0.3) is 5.79 Å². The molecule has 0 atom stereocenters. The molecule has 0 unspecified atom stereocenters. The van der Waals surface area contributed by atoms with Gasteiger partial charge in [0.1, 0.15) is 0 Å². The molecule has 1 aromatic rings. The Morgan fingerprint density at radius 3 is 2.04 bits per heavy atom. The van der Waals surface area contributed by atoms with Crippen LogP contribution in [-0.4, -0.2) is 23.6 Å². The van der Waals surface area contributed by atoms with Crippen LogP contribution in [0.4, 0.5) is 5.69 Å². The van der Waals surface area contributed by atoms with E-state index in [0.717, 1.165) is 11.1 Å². The number of cyclic esters (lactones) is 2. The monoisotopic (exact) mass is 318 g/mol. The molecule has 1 fully saturated rings. The lowest BCUT2D eigenvalue weighted by atomic mass is 10.0. The zero-order chi connectivity index (χ0) is 17.4. The molecule has 2 rings (SSSR count). The SMILES string of the molecule is Cc1cc(C(N)=O)cc(C)c1NC=C1C(=O)OC(C)(C)OC1=O. The van der Waals surface area contributed by atoms with Crippen LogP contribution in [-0.2, 0) is 19.1 Å². The molecule has 1 aliphatic heterocycles. The Labute approximate surface area is 133 Å². The van der Waals surface area contributed by atoms with Crippen molar-refractivity contribution in [3.63, 3.8) is 0 Å². The topological polar surface area (TPSA) is 108 Å². The van der Waals surface area contributed by atoms with E-state index in [9.17, 15) is 14.4 Å². The van der Waals surface area contributed by atoms with Crippen LogP contribution >= 0.6 is 0 Å². The van der Waals surface area contributed by atoms with E-state index < -0.39 is 23.6 Å². The Kier molecular flexibility index (Phi) is 4.14. The van der Waals surface area contributed by atoms with Gasteiger partial charge in [0.15, 0.2) is 5.57 Å². The maximum absolute atomic E-state index is 11.9. The van der Waals surface area contributed by atoms with Gasteiger partial charge in [-0.3, -0.25) is 4.79 Å². The van der Waals surface area contributed by atoms with Crippen molar-refractivity contribution in [2.24, 2.45) is 5.73 Å². The van der Waals surface area contributed by atoms with Crippen molar-refractivity contribution in [3.05, 3.63) is 40.6 Å². The van der Waals surface area contributed by atoms with Crippen LogP contribution in [0, 0.1) is 13.8 Å². The van der Waals surface area contributed by atoms with Gasteiger partial charge in [-0.15, -0.1) is 0 Å². The molecule has 7 heteroatoms. The number of carbonyl (C=O) groups is 3. The maximum atomic E-state index is 11.9. The molecule has 0 aliphatic carbocycles. The van der Waals surface area contributed by atoms with Crippen molar-refractivity contribution >= 4 is 23.5 Å². The minimum absolute atomic E-state index is 0.234. The van der Waals surface area contributed by atoms with Crippen molar-refractivity contribution in [2.45, 2.75) is 33.5 Å². The summed E-state index contributed by atoms with van der Waals surface area (Å²) in [6.45, 7) is 6.51. The summed E-state index contributed by atoms with van der Waals surface area (Å²) in [6, 6.07) is 3.24. The standard InChI is InChI=1S/C16H18N2O5/c1-8-5-10(13(17)19)6-9(2)12(8)18-7-11-14(20)22-16(3,4)23-15(11)21/h5-7,18H,1-4H3,(H2,17,19). The molecular weight excluding hydrogens is 300 g/mol. The third-order valence-electron chi connectivity index (χ3n) is 3.29. The van der Waals surface area contributed by atoms with Crippen LogP contribution in [0.25, 0.3) is 0 Å². The first-order valence-corrected chi connectivity index (χ1v) is 6.95.